The molecule has 1 amide bonds. The molecule has 1 spiro atoms. The number of amides is 1. The lowest BCUT2D eigenvalue weighted by Gasteiger charge is -2.30. The molecule has 9 nitrogen and oxygen atoms in total. The first kappa shape index (κ1) is 26.5. The van der Waals surface area contributed by atoms with E-state index >= 15 is 0 Å². The number of aromatic nitrogens is 3. The van der Waals surface area contributed by atoms with Gasteiger partial charge in [-0.25, -0.2) is 22.4 Å². The number of pyridine rings is 1. The average molecular weight is 591 g/mol. The Morgan fingerprint density at radius 3 is 2.56 bits per heavy atom. The number of allylic oxidation sites excluding steroid dienone is 1. The third kappa shape index (κ3) is 4.80. The SMILES string of the molecule is O=C(c1nc(-c2cn(S(=O)(=O)c3ccccc3)c3ncc(C4=CCC5(CC4)OCCO5)cc23)cs1)N1CCCCC1. The molecule has 0 radical (unpaired) electrons. The Bertz CT molecular complexity index is 1750. The Labute approximate surface area is 242 Å². The third-order valence-corrected chi connectivity index (χ3v) is 10.6. The van der Waals surface area contributed by atoms with Crippen molar-refractivity contribution in [3.05, 3.63) is 70.8 Å². The van der Waals surface area contributed by atoms with Gasteiger partial charge >= 0.3 is 0 Å². The van der Waals surface area contributed by atoms with Gasteiger partial charge in [-0.05, 0) is 55.0 Å². The maximum absolute atomic E-state index is 13.7. The first-order valence-corrected chi connectivity index (χ1v) is 16.3. The molecule has 1 aliphatic carbocycles. The summed E-state index contributed by atoms with van der Waals surface area (Å²) in [6, 6.07) is 10.3. The monoisotopic (exact) mass is 590 g/mol. The third-order valence-electron chi connectivity index (χ3n) is 8.14. The van der Waals surface area contributed by atoms with Gasteiger partial charge in [0.25, 0.3) is 15.9 Å². The number of thiazole rings is 1. The molecular formula is C30H30N4O5S2. The summed E-state index contributed by atoms with van der Waals surface area (Å²) >= 11 is 1.29. The van der Waals surface area contributed by atoms with Crippen LogP contribution in [0.4, 0.5) is 0 Å². The van der Waals surface area contributed by atoms with Crippen LogP contribution in [0.25, 0.3) is 27.9 Å². The number of hydrogen-bond acceptors (Lipinski definition) is 8. The second-order valence-corrected chi connectivity index (χ2v) is 13.4. The molecule has 41 heavy (non-hydrogen) atoms. The topological polar surface area (TPSA) is 104 Å². The van der Waals surface area contributed by atoms with Gasteiger partial charge < -0.3 is 14.4 Å². The van der Waals surface area contributed by atoms with E-state index in [0.717, 1.165) is 56.3 Å². The molecule has 0 unspecified atom stereocenters. The summed E-state index contributed by atoms with van der Waals surface area (Å²) in [5, 5.41) is 2.91. The number of hydrogen-bond donors (Lipinski definition) is 0. The highest BCUT2D eigenvalue weighted by Crippen LogP contribution is 2.40. The molecule has 0 saturated carbocycles. The maximum atomic E-state index is 13.7. The summed E-state index contributed by atoms with van der Waals surface area (Å²) < 4.78 is 40.5. The Morgan fingerprint density at radius 2 is 1.83 bits per heavy atom. The fourth-order valence-corrected chi connectivity index (χ4v) is 8.03. The van der Waals surface area contributed by atoms with Crippen LogP contribution in [-0.4, -0.2) is 65.3 Å². The molecule has 212 valence electrons. The standard InChI is InChI=1S/C30H30N4O5S2/c35-29(33-13-5-2-6-14-33)28-32-26(20-40-28)25-19-34(41(36,37)23-7-3-1-4-8-23)27-24(25)17-22(18-31-27)21-9-11-30(12-10-21)38-15-16-39-30/h1,3-4,7-9,17-20H,2,5-6,10-16H2. The summed E-state index contributed by atoms with van der Waals surface area (Å²) in [5.41, 5.74) is 3.54. The van der Waals surface area contributed by atoms with Gasteiger partial charge in [-0.2, -0.15) is 0 Å². The number of rotatable bonds is 5. The fraction of sp³-hybridized carbons (Fsp3) is 0.367. The summed E-state index contributed by atoms with van der Waals surface area (Å²) in [4.78, 5) is 24.6. The highest BCUT2D eigenvalue weighted by atomic mass is 32.2. The second-order valence-electron chi connectivity index (χ2n) is 10.7. The van der Waals surface area contributed by atoms with E-state index < -0.39 is 15.8 Å². The van der Waals surface area contributed by atoms with Crippen LogP contribution in [0.3, 0.4) is 0 Å². The quantitative estimate of drug-likeness (QED) is 0.309. The van der Waals surface area contributed by atoms with Crippen LogP contribution in [0.2, 0.25) is 0 Å². The van der Waals surface area contributed by atoms with E-state index in [-0.39, 0.29) is 10.8 Å². The summed E-state index contributed by atoms with van der Waals surface area (Å²) in [6.45, 7) is 2.70. The minimum atomic E-state index is -3.93. The highest BCUT2D eigenvalue weighted by Gasteiger charge is 2.38. The van der Waals surface area contributed by atoms with Crippen molar-refractivity contribution in [2.45, 2.75) is 49.2 Å². The van der Waals surface area contributed by atoms with Crippen LogP contribution in [0, 0.1) is 0 Å². The Kier molecular flexibility index (Phi) is 6.77. The predicted octanol–water partition coefficient (Wildman–Crippen LogP) is 5.33. The lowest BCUT2D eigenvalue weighted by Crippen LogP contribution is -2.35. The van der Waals surface area contributed by atoms with Crippen molar-refractivity contribution in [1.29, 1.82) is 0 Å². The van der Waals surface area contributed by atoms with E-state index in [1.165, 1.54) is 15.3 Å². The molecule has 4 aromatic rings. The van der Waals surface area contributed by atoms with Gasteiger partial charge in [0.1, 0.15) is 0 Å². The largest absolute Gasteiger partial charge is 0.347 e. The Hall–Kier alpha value is -3.38. The molecule has 1 aromatic carbocycles. The van der Waals surface area contributed by atoms with Crippen molar-refractivity contribution in [2.75, 3.05) is 26.3 Å². The Balaban J connectivity index is 1.31. The average Bonchev–Trinajstić information content (AvgIpc) is 3.77. The second kappa shape index (κ2) is 10.5. The lowest BCUT2D eigenvalue weighted by molar-refractivity contribution is -0.159. The maximum Gasteiger partial charge on any atom is 0.282 e. The predicted molar refractivity (Wildman–Crippen MR) is 156 cm³/mol. The van der Waals surface area contributed by atoms with Gasteiger partial charge in [0, 0.05) is 54.7 Å². The van der Waals surface area contributed by atoms with E-state index in [1.54, 1.807) is 42.7 Å². The fourth-order valence-electron chi connectivity index (χ4n) is 5.91. The van der Waals surface area contributed by atoms with Crippen molar-refractivity contribution < 1.29 is 22.7 Å². The number of fused-ring (bicyclic) bond motifs is 1. The van der Waals surface area contributed by atoms with E-state index in [1.807, 2.05) is 16.3 Å². The zero-order valence-electron chi connectivity index (χ0n) is 22.5. The van der Waals surface area contributed by atoms with Crippen molar-refractivity contribution in [3.8, 4) is 11.3 Å². The van der Waals surface area contributed by atoms with Gasteiger partial charge in [-0.3, -0.25) is 4.79 Å². The number of carbonyl (C=O) groups is 1. The van der Waals surface area contributed by atoms with E-state index in [4.69, 9.17) is 14.5 Å². The molecule has 0 bridgehead atoms. The van der Waals surface area contributed by atoms with Gasteiger partial charge in [-0.1, -0.05) is 24.3 Å². The molecule has 2 aliphatic heterocycles. The van der Waals surface area contributed by atoms with Gasteiger partial charge in [0.2, 0.25) is 0 Å². The summed E-state index contributed by atoms with van der Waals surface area (Å²) in [5.74, 6) is -0.602. The minimum Gasteiger partial charge on any atom is -0.347 e. The van der Waals surface area contributed by atoms with Crippen molar-refractivity contribution in [1.82, 2.24) is 18.8 Å². The molecule has 2 fully saturated rings. The van der Waals surface area contributed by atoms with Gasteiger partial charge in [-0.15, -0.1) is 11.3 Å². The van der Waals surface area contributed by atoms with Crippen molar-refractivity contribution >= 4 is 43.9 Å². The number of benzene rings is 1. The van der Waals surface area contributed by atoms with Crippen LogP contribution in [0.1, 0.15) is 53.9 Å². The number of piperidine rings is 1. The number of carbonyl (C=O) groups excluding carboxylic acids is 1. The minimum absolute atomic E-state index is 0.0712. The van der Waals surface area contributed by atoms with Crippen LogP contribution in [0.15, 0.2) is 65.1 Å². The van der Waals surface area contributed by atoms with E-state index in [2.05, 4.69) is 11.1 Å². The van der Waals surface area contributed by atoms with E-state index in [0.29, 0.717) is 46.9 Å². The number of ether oxygens (including phenoxy) is 2. The summed E-state index contributed by atoms with van der Waals surface area (Å²) in [7, 11) is -3.93. The zero-order valence-corrected chi connectivity index (χ0v) is 24.1. The first-order valence-electron chi connectivity index (χ1n) is 14.0. The molecule has 7 rings (SSSR count). The molecule has 3 aromatic heterocycles. The normalized spacial score (nSPS) is 19.1. The Morgan fingerprint density at radius 1 is 1.05 bits per heavy atom. The van der Waals surface area contributed by atoms with Crippen LogP contribution in [-0.2, 0) is 19.5 Å². The number of likely N-dealkylation sites (tertiary alicyclic amines) is 1. The lowest BCUT2D eigenvalue weighted by atomic mass is 9.90. The first-order chi connectivity index (χ1) is 19.9. The van der Waals surface area contributed by atoms with Crippen LogP contribution < -0.4 is 0 Å². The molecular weight excluding hydrogens is 560 g/mol. The van der Waals surface area contributed by atoms with Crippen molar-refractivity contribution in [3.63, 3.8) is 0 Å². The highest BCUT2D eigenvalue weighted by molar-refractivity contribution is 7.90. The van der Waals surface area contributed by atoms with E-state index in [9.17, 15) is 13.2 Å². The van der Waals surface area contributed by atoms with Gasteiger partial charge in [0.05, 0.1) is 23.8 Å². The smallest absolute Gasteiger partial charge is 0.282 e. The van der Waals surface area contributed by atoms with Crippen molar-refractivity contribution in [2.24, 2.45) is 0 Å². The molecule has 5 heterocycles. The van der Waals surface area contributed by atoms with Crippen LogP contribution in [0.5, 0.6) is 0 Å². The molecule has 11 heteroatoms. The van der Waals surface area contributed by atoms with Gasteiger partial charge in [0.15, 0.2) is 16.4 Å². The molecule has 0 N–H and O–H groups in total. The van der Waals surface area contributed by atoms with Crippen LogP contribution >= 0.6 is 11.3 Å². The molecule has 3 aliphatic rings. The summed E-state index contributed by atoms with van der Waals surface area (Å²) in [6.07, 6.45) is 10.7. The molecule has 2 saturated heterocycles. The molecule has 0 atom stereocenters. The number of nitrogens with zero attached hydrogens (tertiary/aromatic N) is 4. The zero-order chi connectivity index (χ0) is 28.0.